The van der Waals surface area contributed by atoms with Crippen molar-refractivity contribution in [2.75, 3.05) is 6.61 Å². The zero-order chi connectivity index (χ0) is 14.2. The maximum atomic E-state index is 10.1. The molecule has 0 aliphatic rings. The van der Waals surface area contributed by atoms with Crippen LogP contribution < -0.4 is 0 Å². The molecular formula is C18H24O2. The zero-order valence-electron chi connectivity index (χ0n) is 12.0. The minimum absolute atomic E-state index is 0.309. The van der Waals surface area contributed by atoms with Crippen molar-refractivity contribution >= 4 is 10.8 Å². The van der Waals surface area contributed by atoms with E-state index in [1.807, 2.05) is 18.2 Å². The molecule has 0 amide bonds. The van der Waals surface area contributed by atoms with Gasteiger partial charge in [0.05, 0.1) is 0 Å². The van der Waals surface area contributed by atoms with Crippen LogP contribution in [0, 0.1) is 0 Å². The highest BCUT2D eigenvalue weighted by atomic mass is 16.3. The van der Waals surface area contributed by atoms with Crippen LogP contribution in [0.25, 0.3) is 10.8 Å². The van der Waals surface area contributed by atoms with Crippen molar-refractivity contribution in [2.45, 2.75) is 44.9 Å². The fourth-order valence-electron chi connectivity index (χ4n) is 2.71. The van der Waals surface area contributed by atoms with Gasteiger partial charge in [0.15, 0.2) is 0 Å². The fraction of sp³-hybridized carbons (Fsp3) is 0.444. The first-order valence-corrected chi connectivity index (χ1v) is 7.63. The molecule has 108 valence electrons. The molecule has 0 unspecified atom stereocenters. The van der Waals surface area contributed by atoms with Crippen molar-refractivity contribution in [3.8, 4) is 5.75 Å². The molecule has 0 bridgehead atoms. The molecule has 20 heavy (non-hydrogen) atoms. The largest absolute Gasteiger partial charge is 0.508 e. The Morgan fingerprint density at radius 1 is 0.750 bits per heavy atom. The zero-order valence-corrected chi connectivity index (χ0v) is 12.0. The molecule has 0 radical (unpaired) electrons. The summed E-state index contributed by atoms with van der Waals surface area (Å²) < 4.78 is 0. The molecule has 0 heterocycles. The molecule has 2 rings (SSSR count). The van der Waals surface area contributed by atoms with Crippen LogP contribution in [0.2, 0.25) is 0 Å². The Morgan fingerprint density at radius 3 is 2.25 bits per heavy atom. The second kappa shape index (κ2) is 7.91. The number of phenolic OH excluding ortho intramolecular Hbond substituents is 1. The summed E-state index contributed by atoms with van der Waals surface area (Å²) in [6.07, 6.45) is 7.69. The Kier molecular flexibility index (Phi) is 5.87. The number of unbranched alkanes of at least 4 members (excludes halogenated alkanes) is 5. The number of rotatable bonds is 8. The van der Waals surface area contributed by atoms with Crippen LogP contribution in [0.1, 0.15) is 44.1 Å². The fourth-order valence-corrected chi connectivity index (χ4v) is 2.71. The van der Waals surface area contributed by atoms with Gasteiger partial charge >= 0.3 is 0 Å². The van der Waals surface area contributed by atoms with Crippen molar-refractivity contribution in [3.05, 3.63) is 42.0 Å². The van der Waals surface area contributed by atoms with Crippen LogP contribution in [-0.4, -0.2) is 16.8 Å². The Hall–Kier alpha value is -1.54. The average molecular weight is 272 g/mol. The van der Waals surface area contributed by atoms with Gasteiger partial charge < -0.3 is 10.2 Å². The number of benzene rings is 2. The van der Waals surface area contributed by atoms with E-state index in [1.54, 1.807) is 6.07 Å². The number of aromatic hydroxyl groups is 1. The van der Waals surface area contributed by atoms with Crippen LogP contribution in [0.4, 0.5) is 0 Å². The van der Waals surface area contributed by atoms with E-state index in [0.29, 0.717) is 12.4 Å². The normalized spacial score (nSPS) is 11.1. The van der Waals surface area contributed by atoms with E-state index in [-0.39, 0.29) is 0 Å². The predicted octanol–water partition coefficient (Wildman–Crippen LogP) is 4.42. The highest BCUT2D eigenvalue weighted by Gasteiger charge is 2.06. The molecule has 0 aliphatic carbocycles. The smallest absolute Gasteiger partial charge is 0.119 e. The van der Waals surface area contributed by atoms with Gasteiger partial charge in [-0.05, 0) is 36.1 Å². The van der Waals surface area contributed by atoms with Gasteiger partial charge in [-0.2, -0.15) is 0 Å². The molecule has 0 fully saturated rings. The Morgan fingerprint density at radius 2 is 1.45 bits per heavy atom. The van der Waals surface area contributed by atoms with E-state index >= 15 is 0 Å². The first kappa shape index (κ1) is 14.9. The van der Waals surface area contributed by atoms with E-state index in [2.05, 4.69) is 12.1 Å². The second-order valence-electron chi connectivity index (χ2n) is 5.38. The molecule has 0 saturated heterocycles. The number of phenols is 1. The predicted molar refractivity (Wildman–Crippen MR) is 84.1 cm³/mol. The molecule has 0 aromatic heterocycles. The Balaban J connectivity index is 1.88. The molecule has 2 N–H and O–H groups in total. The molecule has 2 nitrogen and oxygen atoms in total. The van der Waals surface area contributed by atoms with Crippen molar-refractivity contribution < 1.29 is 10.2 Å². The Labute approximate surface area is 121 Å². The SMILES string of the molecule is OCCCCCCCCc1c(O)ccc2ccccc12. The minimum Gasteiger partial charge on any atom is -0.508 e. The third kappa shape index (κ3) is 3.97. The molecular weight excluding hydrogens is 248 g/mol. The number of aliphatic hydroxyl groups is 1. The lowest BCUT2D eigenvalue weighted by Gasteiger charge is -2.09. The van der Waals surface area contributed by atoms with Crippen LogP contribution in [0.3, 0.4) is 0 Å². The van der Waals surface area contributed by atoms with Crippen molar-refractivity contribution in [3.63, 3.8) is 0 Å². The van der Waals surface area contributed by atoms with Gasteiger partial charge in [0.1, 0.15) is 5.75 Å². The standard InChI is InChI=1S/C18H24O2/c19-14-8-4-2-1-3-5-11-17-16-10-7-6-9-15(16)12-13-18(17)20/h6-7,9-10,12-13,19-20H,1-5,8,11,14H2. The molecule has 0 saturated carbocycles. The second-order valence-corrected chi connectivity index (χ2v) is 5.38. The van der Waals surface area contributed by atoms with Gasteiger partial charge in [0.25, 0.3) is 0 Å². The highest BCUT2D eigenvalue weighted by Crippen LogP contribution is 2.28. The van der Waals surface area contributed by atoms with E-state index in [9.17, 15) is 5.11 Å². The lowest BCUT2D eigenvalue weighted by Crippen LogP contribution is -1.90. The van der Waals surface area contributed by atoms with Crippen LogP contribution in [-0.2, 0) is 6.42 Å². The summed E-state index contributed by atoms with van der Waals surface area (Å²) in [4.78, 5) is 0. The lowest BCUT2D eigenvalue weighted by atomic mass is 9.98. The number of aliphatic hydroxyl groups excluding tert-OH is 1. The number of fused-ring (bicyclic) bond motifs is 1. The van der Waals surface area contributed by atoms with Gasteiger partial charge in [0.2, 0.25) is 0 Å². The first-order valence-electron chi connectivity index (χ1n) is 7.63. The van der Waals surface area contributed by atoms with E-state index < -0.39 is 0 Å². The van der Waals surface area contributed by atoms with Crippen LogP contribution in [0.15, 0.2) is 36.4 Å². The Bertz CT molecular complexity index is 534. The molecule has 0 atom stereocenters. The highest BCUT2D eigenvalue weighted by molar-refractivity contribution is 5.87. The number of aryl methyl sites for hydroxylation is 1. The van der Waals surface area contributed by atoms with E-state index in [1.165, 1.54) is 30.0 Å². The number of hydrogen-bond donors (Lipinski definition) is 2. The van der Waals surface area contributed by atoms with Gasteiger partial charge in [-0.15, -0.1) is 0 Å². The molecule has 2 aromatic carbocycles. The summed E-state index contributed by atoms with van der Waals surface area (Å²) in [7, 11) is 0. The monoisotopic (exact) mass is 272 g/mol. The minimum atomic E-state index is 0.309. The third-order valence-corrected chi connectivity index (χ3v) is 3.85. The van der Waals surface area contributed by atoms with E-state index in [0.717, 1.165) is 31.2 Å². The van der Waals surface area contributed by atoms with E-state index in [4.69, 9.17) is 5.11 Å². The molecule has 0 aliphatic heterocycles. The van der Waals surface area contributed by atoms with Crippen LogP contribution in [0.5, 0.6) is 5.75 Å². The topological polar surface area (TPSA) is 40.5 Å². The van der Waals surface area contributed by atoms with Gasteiger partial charge in [-0.25, -0.2) is 0 Å². The number of hydrogen-bond acceptors (Lipinski definition) is 2. The van der Waals surface area contributed by atoms with Crippen LogP contribution >= 0.6 is 0 Å². The van der Waals surface area contributed by atoms with Gasteiger partial charge in [-0.1, -0.05) is 56.0 Å². The summed E-state index contributed by atoms with van der Waals surface area (Å²) in [5, 5.41) is 21.1. The molecule has 2 aromatic rings. The lowest BCUT2D eigenvalue weighted by molar-refractivity contribution is 0.282. The maximum absolute atomic E-state index is 10.1. The van der Waals surface area contributed by atoms with Crippen molar-refractivity contribution in [2.24, 2.45) is 0 Å². The quantitative estimate of drug-likeness (QED) is 0.698. The summed E-state index contributed by atoms with van der Waals surface area (Å²) in [6.45, 7) is 0.309. The van der Waals surface area contributed by atoms with Crippen molar-refractivity contribution in [1.29, 1.82) is 0 Å². The maximum Gasteiger partial charge on any atom is 0.119 e. The third-order valence-electron chi connectivity index (χ3n) is 3.85. The van der Waals surface area contributed by atoms with Crippen molar-refractivity contribution in [1.82, 2.24) is 0 Å². The molecule has 2 heteroatoms. The summed E-state index contributed by atoms with van der Waals surface area (Å²) in [5.41, 5.74) is 1.08. The summed E-state index contributed by atoms with van der Waals surface area (Å²) in [6, 6.07) is 12.0. The molecule has 0 spiro atoms. The average Bonchev–Trinajstić information content (AvgIpc) is 2.48. The summed E-state index contributed by atoms with van der Waals surface area (Å²) >= 11 is 0. The first-order chi connectivity index (χ1) is 9.83. The summed E-state index contributed by atoms with van der Waals surface area (Å²) in [5.74, 6) is 0.420. The van der Waals surface area contributed by atoms with Gasteiger partial charge in [0, 0.05) is 12.2 Å². The van der Waals surface area contributed by atoms with Gasteiger partial charge in [-0.3, -0.25) is 0 Å².